The van der Waals surface area contributed by atoms with E-state index in [1.54, 1.807) is 0 Å². The van der Waals surface area contributed by atoms with Crippen molar-refractivity contribution in [3.63, 3.8) is 0 Å². The van der Waals surface area contributed by atoms with Gasteiger partial charge in [-0.3, -0.25) is 9.59 Å². The molecular formula is C16H23N3O2. The van der Waals surface area contributed by atoms with Crippen LogP contribution in [0.4, 0.5) is 5.69 Å². The summed E-state index contributed by atoms with van der Waals surface area (Å²) in [6.45, 7) is 1.33. The Kier molecular flexibility index (Phi) is 5.75. The van der Waals surface area contributed by atoms with E-state index in [0.717, 1.165) is 37.1 Å². The molecule has 1 fully saturated rings. The Hall–Kier alpha value is -1.88. The smallest absolute Gasteiger partial charge is 0.227 e. The Labute approximate surface area is 125 Å². The van der Waals surface area contributed by atoms with Gasteiger partial charge in [0.05, 0.1) is 0 Å². The fourth-order valence-corrected chi connectivity index (χ4v) is 2.06. The highest BCUT2D eigenvalue weighted by Gasteiger charge is 2.29. The van der Waals surface area contributed by atoms with Crippen LogP contribution in [0.3, 0.4) is 0 Å². The molecule has 0 aliphatic heterocycles. The van der Waals surface area contributed by atoms with Crippen molar-refractivity contribution >= 4 is 17.5 Å². The Morgan fingerprint density at radius 2 is 2.10 bits per heavy atom. The van der Waals surface area contributed by atoms with Crippen molar-refractivity contribution in [3.05, 3.63) is 29.8 Å². The second-order valence-corrected chi connectivity index (χ2v) is 5.45. The van der Waals surface area contributed by atoms with Crippen molar-refractivity contribution in [2.75, 3.05) is 18.9 Å². The van der Waals surface area contributed by atoms with Gasteiger partial charge in [0, 0.05) is 24.6 Å². The summed E-state index contributed by atoms with van der Waals surface area (Å²) < 4.78 is 0. The Morgan fingerprint density at radius 1 is 1.29 bits per heavy atom. The van der Waals surface area contributed by atoms with Crippen LogP contribution in [0.5, 0.6) is 0 Å². The summed E-state index contributed by atoms with van der Waals surface area (Å²) in [7, 11) is 1.87. The first-order valence-corrected chi connectivity index (χ1v) is 7.50. The highest BCUT2D eigenvalue weighted by atomic mass is 16.2. The van der Waals surface area contributed by atoms with Gasteiger partial charge in [-0.05, 0) is 50.6 Å². The van der Waals surface area contributed by atoms with Crippen molar-refractivity contribution in [2.45, 2.75) is 32.2 Å². The third-order valence-corrected chi connectivity index (χ3v) is 3.46. The van der Waals surface area contributed by atoms with Gasteiger partial charge < -0.3 is 16.0 Å². The van der Waals surface area contributed by atoms with Gasteiger partial charge in [-0.1, -0.05) is 12.1 Å². The SMILES string of the molecule is CNCCCC(=O)NCc1cccc(NC(=O)C2CC2)c1. The van der Waals surface area contributed by atoms with Crippen molar-refractivity contribution in [1.29, 1.82) is 0 Å². The van der Waals surface area contributed by atoms with Gasteiger partial charge in [0.1, 0.15) is 0 Å². The summed E-state index contributed by atoms with van der Waals surface area (Å²) in [5, 5.41) is 8.82. The molecule has 3 N–H and O–H groups in total. The number of carbonyl (C=O) groups is 2. The standard InChI is InChI=1S/C16H23N3O2/c1-17-9-3-6-15(20)18-11-12-4-2-5-14(10-12)19-16(21)13-7-8-13/h2,4-5,10,13,17H,3,6-9,11H2,1H3,(H,18,20)(H,19,21). The van der Waals surface area contributed by atoms with E-state index in [2.05, 4.69) is 16.0 Å². The molecule has 1 aliphatic carbocycles. The molecule has 2 rings (SSSR count). The first kappa shape index (κ1) is 15.5. The number of hydrogen-bond donors (Lipinski definition) is 3. The molecule has 0 bridgehead atoms. The molecule has 5 nitrogen and oxygen atoms in total. The van der Waals surface area contributed by atoms with Gasteiger partial charge in [-0.25, -0.2) is 0 Å². The van der Waals surface area contributed by atoms with Crippen LogP contribution in [0.15, 0.2) is 24.3 Å². The van der Waals surface area contributed by atoms with E-state index in [1.807, 2.05) is 31.3 Å². The van der Waals surface area contributed by atoms with E-state index in [4.69, 9.17) is 0 Å². The summed E-state index contributed by atoms with van der Waals surface area (Å²) in [6.07, 6.45) is 3.35. The monoisotopic (exact) mass is 289 g/mol. The number of benzene rings is 1. The number of anilines is 1. The van der Waals surface area contributed by atoms with Crippen molar-refractivity contribution in [3.8, 4) is 0 Å². The van der Waals surface area contributed by atoms with Crippen molar-refractivity contribution in [2.24, 2.45) is 5.92 Å². The molecule has 0 heterocycles. The predicted molar refractivity (Wildman–Crippen MR) is 82.8 cm³/mol. The molecule has 21 heavy (non-hydrogen) atoms. The van der Waals surface area contributed by atoms with E-state index >= 15 is 0 Å². The summed E-state index contributed by atoms with van der Waals surface area (Å²) >= 11 is 0. The lowest BCUT2D eigenvalue weighted by Gasteiger charge is -2.08. The molecular weight excluding hydrogens is 266 g/mol. The lowest BCUT2D eigenvalue weighted by atomic mass is 10.2. The van der Waals surface area contributed by atoms with E-state index in [9.17, 15) is 9.59 Å². The van der Waals surface area contributed by atoms with Crippen LogP contribution in [-0.2, 0) is 16.1 Å². The largest absolute Gasteiger partial charge is 0.352 e. The van der Waals surface area contributed by atoms with Gasteiger partial charge in [-0.2, -0.15) is 0 Å². The van der Waals surface area contributed by atoms with Crippen LogP contribution in [0, 0.1) is 5.92 Å². The van der Waals surface area contributed by atoms with Gasteiger partial charge in [0.2, 0.25) is 11.8 Å². The van der Waals surface area contributed by atoms with Crippen LogP contribution in [0.1, 0.15) is 31.2 Å². The fourth-order valence-electron chi connectivity index (χ4n) is 2.06. The zero-order valence-corrected chi connectivity index (χ0v) is 12.4. The Morgan fingerprint density at radius 3 is 2.81 bits per heavy atom. The van der Waals surface area contributed by atoms with Gasteiger partial charge >= 0.3 is 0 Å². The predicted octanol–water partition coefficient (Wildman–Crippen LogP) is 1.65. The zero-order chi connectivity index (χ0) is 15.1. The first-order chi connectivity index (χ1) is 10.2. The van der Waals surface area contributed by atoms with Crippen molar-refractivity contribution < 1.29 is 9.59 Å². The summed E-state index contributed by atoms with van der Waals surface area (Å²) in [5.74, 6) is 0.349. The molecule has 0 atom stereocenters. The number of hydrogen-bond acceptors (Lipinski definition) is 3. The van der Waals surface area contributed by atoms with Crippen molar-refractivity contribution in [1.82, 2.24) is 10.6 Å². The van der Waals surface area contributed by atoms with Gasteiger partial charge in [-0.15, -0.1) is 0 Å². The molecule has 0 saturated heterocycles. The average molecular weight is 289 g/mol. The highest BCUT2D eigenvalue weighted by Crippen LogP contribution is 2.30. The maximum Gasteiger partial charge on any atom is 0.227 e. The quantitative estimate of drug-likeness (QED) is 0.637. The molecule has 1 aliphatic rings. The molecule has 0 aromatic heterocycles. The van der Waals surface area contributed by atoms with Crippen LogP contribution < -0.4 is 16.0 Å². The molecule has 1 aromatic rings. The summed E-state index contributed by atoms with van der Waals surface area (Å²) in [6, 6.07) is 7.62. The molecule has 5 heteroatoms. The average Bonchev–Trinajstić information content (AvgIpc) is 3.30. The highest BCUT2D eigenvalue weighted by molar-refractivity contribution is 5.94. The first-order valence-electron chi connectivity index (χ1n) is 7.50. The minimum atomic E-state index is 0.0534. The van der Waals surface area contributed by atoms with E-state index in [0.29, 0.717) is 13.0 Å². The van der Waals surface area contributed by atoms with Gasteiger partial charge in [0.25, 0.3) is 0 Å². The zero-order valence-electron chi connectivity index (χ0n) is 12.4. The lowest BCUT2D eigenvalue weighted by molar-refractivity contribution is -0.121. The van der Waals surface area contributed by atoms with E-state index in [-0.39, 0.29) is 17.7 Å². The normalized spacial score (nSPS) is 13.8. The van der Waals surface area contributed by atoms with Crippen LogP contribution in [-0.4, -0.2) is 25.4 Å². The van der Waals surface area contributed by atoms with E-state index in [1.165, 1.54) is 0 Å². The molecule has 1 aromatic carbocycles. The van der Waals surface area contributed by atoms with Crippen LogP contribution in [0.2, 0.25) is 0 Å². The Bertz CT molecular complexity index is 498. The number of rotatable bonds is 8. The molecule has 2 amide bonds. The molecule has 0 unspecified atom stereocenters. The maximum absolute atomic E-state index is 11.7. The van der Waals surface area contributed by atoms with Crippen LogP contribution in [0.25, 0.3) is 0 Å². The Balaban J connectivity index is 1.77. The maximum atomic E-state index is 11.7. The second-order valence-electron chi connectivity index (χ2n) is 5.45. The third kappa shape index (κ3) is 5.55. The second kappa shape index (κ2) is 7.78. The topological polar surface area (TPSA) is 70.2 Å². The molecule has 114 valence electrons. The van der Waals surface area contributed by atoms with Crippen LogP contribution >= 0.6 is 0 Å². The molecule has 0 radical (unpaired) electrons. The number of nitrogens with one attached hydrogen (secondary N) is 3. The lowest BCUT2D eigenvalue weighted by Crippen LogP contribution is -2.23. The number of amides is 2. The summed E-state index contributed by atoms with van der Waals surface area (Å²) in [5.41, 5.74) is 1.79. The fraction of sp³-hybridized carbons (Fsp3) is 0.500. The molecule has 1 saturated carbocycles. The van der Waals surface area contributed by atoms with E-state index < -0.39 is 0 Å². The number of carbonyl (C=O) groups excluding carboxylic acids is 2. The summed E-state index contributed by atoms with van der Waals surface area (Å²) in [4.78, 5) is 23.4. The van der Waals surface area contributed by atoms with Gasteiger partial charge in [0.15, 0.2) is 0 Å². The minimum Gasteiger partial charge on any atom is -0.352 e. The third-order valence-electron chi connectivity index (χ3n) is 3.46. The minimum absolute atomic E-state index is 0.0534. The molecule has 0 spiro atoms.